The Bertz CT molecular complexity index is 296. The minimum Gasteiger partial charge on any atom is -0.462 e. The normalized spacial score (nSPS) is 13.3. The van der Waals surface area contributed by atoms with Crippen molar-refractivity contribution in [2.24, 2.45) is 5.92 Å². The zero-order chi connectivity index (χ0) is 12.0. The van der Waals surface area contributed by atoms with Crippen molar-refractivity contribution in [3.8, 4) is 0 Å². The Morgan fingerprint density at radius 2 is 2.06 bits per heavy atom. The maximum Gasteiger partial charge on any atom is 0.129 e. The first-order valence-corrected chi connectivity index (χ1v) is 5.58. The Labute approximate surface area is 96.6 Å². The lowest BCUT2D eigenvalue weighted by Crippen LogP contribution is -2.37. The molecule has 4 nitrogen and oxygen atoms in total. The lowest BCUT2D eigenvalue weighted by atomic mass is 10.1. The summed E-state index contributed by atoms with van der Waals surface area (Å²) in [6, 6.07) is 3.98. The Kier molecular flexibility index (Phi) is 5.52. The number of rotatable bonds is 7. The van der Waals surface area contributed by atoms with Crippen molar-refractivity contribution < 1.29 is 14.3 Å². The van der Waals surface area contributed by atoms with Crippen LogP contribution in [-0.2, 0) is 17.9 Å². The molecule has 0 amide bonds. The number of ether oxygens (including phenoxy) is 1. The largest absolute Gasteiger partial charge is 0.462 e. The smallest absolute Gasteiger partial charge is 0.129 e. The molecular formula is C12H21NO3. The number of furan rings is 1. The second-order valence-electron chi connectivity index (χ2n) is 4.21. The molecule has 0 aliphatic carbocycles. The van der Waals surface area contributed by atoms with Gasteiger partial charge in [-0.05, 0) is 18.1 Å². The zero-order valence-corrected chi connectivity index (χ0v) is 10.2. The summed E-state index contributed by atoms with van der Waals surface area (Å²) in [6.45, 7) is 5.60. The molecule has 0 spiro atoms. The molecular weight excluding hydrogens is 206 g/mol. The van der Waals surface area contributed by atoms with Gasteiger partial charge >= 0.3 is 0 Å². The van der Waals surface area contributed by atoms with Gasteiger partial charge in [0.2, 0.25) is 0 Å². The fourth-order valence-electron chi connectivity index (χ4n) is 1.50. The molecule has 1 rings (SSSR count). The highest BCUT2D eigenvalue weighted by molar-refractivity contribution is 5.06. The molecule has 1 aromatic rings. The second-order valence-corrected chi connectivity index (χ2v) is 4.21. The molecule has 92 valence electrons. The summed E-state index contributed by atoms with van der Waals surface area (Å²) in [6.07, 6.45) is 0. The molecule has 4 heteroatoms. The molecule has 1 unspecified atom stereocenters. The molecule has 16 heavy (non-hydrogen) atoms. The highest BCUT2D eigenvalue weighted by Crippen LogP contribution is 2.09. The average molecular weight is 227 g/mol. The number of aliphatic hydroxyl groups is 1. The van der Waals surface area contributed by atoms with Crippen LogP contribution in [0.3, 0.4) is 0 Å². The van der Waals surface area contributed by atoms with Gasteiger partial charge < -0.3 is 19.6 Å². The van der Waals surface area contributed by atoms with E-state index in [0.29, 0.717) is 30.9 Å². The van der Waals surface area contributed by atoms with Crippen molar-refractivity contribution in [1.29, 1.82) is 0 Å². The second kappa shape index (κ2) is 6.68. The summed E-state index contributed by atoms with van der Waals surface area (Å²) >= 11 is 0. The SMILES string of the molecule is COCC(NCc1ccc(CO)o1)C(C)C. The van der Waals surface area contributed by atoms with Crippen molar-refractivity contribution in [3.63, 3.8) is 0 Å². The first-order chi connectivity index (χ1) is 7.67. The minimum atomic E-state index is -0.0499. The van der Waals surface area contributed by atoms with Gasteiger partial charge in [-0.2, -0.15) is 0 Å². The predicted octanol–water partition coefficient (Wildman–Crippen LogP) is 1.53. The third kappa shape index (κ3) is 3.96. The van der Waals surface area contributed by atoms with Crippen LogP contribution in [0.5, 0.6) is 0 Å². The highest BCUT2D eigenvalue weighted by atomic mass is 16.5. The van der Waals surface area contributed by atoms with Crippen LogP contribution in [0.25, 0.3) is 0 Å². The molecule has 0 fully saturated rings. The van der Waals surface area contributed by atoms with Crippen LogP contribution in [-0.4, -0.2) is 24.9 Å². The van der Waals surface area contributed by atoms with Gasteiger partial charge in [0.05, 0.1) is 13.2 Å². The van der Waals surface area contributed by atoms with Crippen molar-refractivity contribution in [3.05, 3.63) is 23.7 Å². The van der Waals surface area contributed by atoms with Crippen LogP contribution in [0.1, 0.15) is 25.4 Å². The van der Waals surface area contributed by atoms with Gasteiger partial charge in [0.1, 0.15) is 18.1 Å². The van der Waals surface area contributed by atoms with E-state index in [1.54, 1.807) is 13.2 Å². The van der Waals surface area contributed by atoms with Gasteiger partial charge in [0.25, 0.3) is 0 Å². The molecule has 0 aliphatic heterocycles. The molecule has 0 radical (unpaired) electrons. The molecule has 0 saturated heterocycles. The topological polar surface area (TPSA) is 54.6 Å². The zero-order valence-electron chi connectivity index (χ0n) is 10.2. The summed E-state index contributed by atoms with van der Waals surface area (Å²) in [4.78, 5) is 0. The van der Waals surface area contributed by atoms with Crippen molar-refractivity contribution in [2.45, 2.75) is 33.0 Å². The lowest BCUT2D eigenvalue weighted by molar-refractivity contribution is 0.145. The molecule has 0 saturated carbocycles. The molecule has 1 heterocycles. The third-order valence-electron chi connectivity index (χ3n) is 2.56. The van der Waals surface area contributed by atoms with E-state index in [0.717, 1.165) is 5.76 Å². The summed E-state index contributed by atoms with van der Waals surface area (Å²) < 4.78 is 10.5. The number of hydrogen-bond donors (Lipinski definition) is 2. The fourth-order valence-corrected chi connectivity index (χ4v) is 1.50. The van der Waals surface area contributed by atoms with E-state index in [1.165, 1.54) is 0 Å². The van der Waals surface area contributed by atoms with E-state index in [-0.39, 0.29) is 6.61 Å². The Balaban J connectivity index is 2.42. The van der Waals surface area contributed by atoms with Crippen LogP contribution in [0, 0.1) is 5.92 Å². The number of aliphatic hydroxyl groups excluding tert-OH is 1. The highest BCUT2D eigenvalue weighted by Gasteiger charge is 2.13. The number of nitrogens with one attached hydrogen (secondary N) is 1. The van der Waals surface area contributed by atoms with Gasteiger partial charge in [-0.1, -0.05) is 13.8 Å². The molecule has 2 N–H and O–H groups in total. The summed E-state index contributed by atoms with van der Waals surface area (Å²) in [7, 11) is 1.70. The number of methoxy groups -OCH3 is 1. The van der Waals surface area contributed by atoms with Gasteiger partial charge in [-0.25, -0.2) is 0 Å². The summed E-state index contributed by atoms with van der Waals surface area (Å²) in [5.74, 6) is 1.95. The van der Waals surface area contributed by atoms with Crippen molar-refractivity contribution in [1.82, 2.24) is 5.32 Å². The molecule has 0 aliphatic rings. The Morgan fingerprint density at radius 3 is 2.56 bits per heavy atom. The van der Waals surface area contributed by atoms with E-state index >= 15 is 0 Å². The lowest BCUT2D eigenvalue weighted by Gasteiger charge is -2.20. The van der Waals surface area contributed by atoms with Crippen molar-refractivity contribution >= 4 is 0 Å². The van der Waals surface area contributed by atoms with E-state index in [2.05, 4.69) is 19.2 Å². The quantitative estimate of drug-likeness (QED) is 0.741. The average Bonchev–Trinajstić information content (AvgIpc) is 2.71. The third-order valence-corrected chi connectivity index (χ3v) is 2.56. The van der Waals surface area contributed by atoms with E-state index in [9.17, 15) is 0 Å². The van der Waals surface area contributed by atoms with Crippen LogP contribution >= 0.6 is 0 Å². The molecule has 0 bridgehead atoms. The standard InChI is InChI=1S/C12H21NO3/c1-9(2)12(8-15-3)13-6-10-4-5-11(7-14)16-10/h4-5,9,12-14H,6-8H2,1-3H3. The van der Waals surface area contributed by atoms with Crippen LogP contribution < -0.4 is 5.32 Å². The molecule has 0 aromatic carbocycles. The van der Waals surface area contributed by atoms with E-state index in [4.69, 9.17) is 14.3 Å². The van der Waals surface area contributed by atoms with Crippen LogP contribution in [0.4, 0.5) is 0 Å². The van der Waals surface area contributed by atoms with Gasteiger partial charge in [0, 0.05) is 13.2 Å². The maximum absolute atomic E-state index is 8.87. The first kappa shape index (κ1) is 13.2. The van der Waals surface area contributed by atoms with Crippen LogP contribution in [0.15, 0.2) is 16.5 Å². The van der Waals surface area contributed by atoms with Gasteiger partial charge in [-0.3, -0.25) is 0 Å². The molecule has 1 atom stereocenters. The van der Waals surface area contributed by atoms with Gasteiger partial charge in [0.15, 0.2) is 0 Å². The molecule has 1 aromatic heterocycles. The summed E-state index contributed by atoms with van der Waals surface area (Å²) in [5, 5.41) is 12.2. The Hall–Kier alpha value is -0.840. The minimum absolute atomic E-state index is 0.0499. The van der Waals surface area contributed by atoms with Crippen LogP contribution in [0.2, 0.25) is 0 Å². The van der Waals surface area contributed by atoms with Gasteiger partial charge in [-0.15, -0.1) is 0 Å². The number of hydrogen-bond acceptors (Lipinski definition) is 4. The monoisotopic (exact) mass is 227 g/mol. The fraction of sp³-hybridized carbons (Fsp3) is 0.667. The predicted molar refractivity (Wildman–Crippen MR) is 62.0 cm³/mol. The maximum atomic E-state index is 8.87. The Morgan fingerprint density at radius 1 is 1.38 bits per heavy atom. The van der Waals surface area contributed by atoms with Crippen molar-refractivity contribution in [2.75, 3.05) is 13.7 Å². The summed E-state index contributed by atoms with van der Waals surface area (Å²) in [5.41, 5.74) is 0. The van der Waals surface area contributed by atoms with E-state index < -0.39 is 0 Å². The first-order valence-electron chi connectivity index (χ1n) is 5.58. The van der Waals surface area contributed by atoms with E-state index in [1.807, 2.05) is 6.07 Å².